The van der Waals surface area contributed by atoms with Crippen LogP contribution in [0.3, 0.4) is 0 Å². The van der Waals surface area contributed by atoms with Gasteiger partial charge in [0.1, 0.15) is 10.5 Å². The van der Waals surface area contributed by atoms with E-state index in [0.717, 1.165) is 23.4 Å². The second kappa shape index (κ2) is 9.22. The number of fused-ring (bicyclic) bond motifs is 1. The van der Waals surface area contributed by atoms with Crippen LogP contribution in [0.25, 0.3) is 11.2 Å². The lowest BCUT2D eigenvalue weighted by Gasteiger charge is -2.14. The number of rotatable bonds is 9. The third-order valence-corrected chi connectivity index (χ3v) is 4.77. The molecule has 0 saturated carbocycles. The number of carbonyl (C=O) groups excluding carboxylic acids is 1. The lowest BCUT2D eigenvalue weighted by molar-refractivity contribution is -0.121. The Morgan fingerprint density at radius 3 is 2.88 bits per heavy atom. The molecule has 2 aromatic rings. The van der Waals surface area contributed by atoms with Gasteiger partial charge in [-0.05, 0) is 30.9 Å². The molecule has 0 bridgehead atoms. The maximum Gasteiger partial charge on any atom is 0.225 e. The zero-order valence-corrected chi connectivity index (χ0v) is 15.9. The largest absolute Gasteiger partial charge is 0.354 e. The van der Waals surface area contributed by atoms with Gasteiger partial charge in [-0.25, -0.2) is 9.97 Å². The fourth-order valence-corrected chi connectivity index (χ4v) is 3.52. The quantitative estimate of drug-likeness (QED) is 0.399. The molecule has 132 valence electrons. The summed E-state index contributed by atoms with van der Waals surface area (Å²) >= 11 is 7.37. The lowest BCUT2D eigenvalue weighted by Crippen LogP contribution is -2.32. The summed E-state index contributed by atoms with van der Waals surface area (Å²) in [5.41, 5.74) is 1.30. The Balaban J connectivity index is 1.75. The van der Waals surface area contributed by atoms with Crippen LogP contribution in [-0.4, -0.2) is 37.6 Å². The Bertz CT molecular complexity index is 676. The van der Waals surface area contributed by atoms with Gasteiger partial charge in [-0.1, -0.05) is 26.7 Å². The highest BCUT2D eigenvalue weighted by molar-refractivity contribution is 7.99. The van der Waals surface area contributed by atoms with Crippen LogP contribution in [0.5, 0.6) is 0 Å². The van der Waals surface area contributed by atoms with Crippen LogP contribution in [0.15, 0.2) is 11.4 Å². The van der Waals surface area contributed by atoms with Gasteiger partial charge in [0.2, 0.25) is 11.2 Å². The normalized spacial score (nSPS) is 12.7. The Kier molecular flexibility index (Phi) is 7.30. The molecule has 2 heterocycles. The van der Waals surface area contributed by atoms with E-state index in [-0.39, 0.29) is 17.2 Å². The smallest absolute Gasteiger partial charge is 0.225 e. The number of H-pyrrole nitrogens is 1. The lowest BCUT2D eigenvalue weighted by atomic mass is 10.0. The second-order valence-corrected chi connectivity index (χ2v) is 7.71. The molecule has 2 aromatic heterocycles. The summed E-state index contributed by atoms with van der Waals surface area (Å²) in [7, 11) is 0. The van der Waals surface area contributed by atoms with Crippen molar-refractivity contribution in [2.75, 3.05) is 5.75 Å². The van der Waals surface area contributed by atoms with Gasteiger partial charge >= 0.3 is 0 Å². The molecule has 24 heavy (non-hydrogen) atoms. The van der Waals surface area contributed by atoms with E-state index in [1.165, 1.54) is 18.2 Å². The van der Waals surface area contributed by atoms with Crippen molar-refractivity contribution >= 4 is 40.4 Å². The van der Waals surface area contributed by atoms with Gasteiger partial charge in [0.05, 0.1) is 6.33 Å². The molecule has 8 heteroatoms. The first-order valence-corrected chi connectivity index (χ1v) is 9.61. The van der Waals surface area contributed by atoms with Gasteiger partial charge in [-0.15, -0.1) is 11.8 Å². The van der Waals surface area contributed by atoms with Crippen LogP contribution in [0, 0.1) is 5.92 Å². The molecule has 1 amide bonds. The number of nitrogens with zero attached hydrogens (tertiary/aromatic N) is 3. The van der Waals surface area contributed by atoms with Crippen molar-refractivity contribution in [1.82, 2.24) is 25.3 Å². The summed E-state index contributed by atoms with van der Waals surface area (Å²) in [5, 5.41) is 3.94. The van der Waals surface area contributed by atoms with Crippen LogP contribution in [0.4, 0.5) is 0 Å². The molecule has 1 atom stereocenters. The fourth-order valence-electron chi connectivity index (χ4n) is 2.38. The van der Waals surface area contributed by atoms with Crippen molar-refractivity contribution < 1.29 is 4.79 Å². The molecule has 2 rings (SSSR count). The molecule has 0 aliphatic rings. The van der Waals surface area contributed by atoms with Gasteiger partial charge < -0.3 is 10.3 Å². The van der Waals surface area contributed by atoms with E-state index < -0.39 is 0 Å². The van der Waals surface area contributed by atoms with Gasteiger partial charge in [0.25, 0.3) is 0 Å². The number of thioether (sulfide) groups is 1. The monoisotopic (exact) mass is 369 g/mol. The molecular weight excluding hydrogens is 346 g/mol. The minimum Gasteiger partial charge on any atom is -0.354 e. The number of hydrogen-bond donors (Lipinski definition) is 2. The standard InChI is InChI=1S/C16H24ClN5OS/c1-10(2)5-4-6-11(3)20-12(23)7-8-24-15-13-14(19-9-18-13)21-16(17)22-15/h9-11H,4-8H2,1-3H3,(H,20,23)(H,18,19,21,22)/t11-/m1/s1. The molecule has 0 fully saturated rings. The minimum absolute atomic E-state index is 0.0700. The molecule has 6 nitrogen and oxygen atoms in total. The highest BCUT2D eigenvalue weighted by Gasteiger charge is 2.12. The third-order valence-electron chi connectivity index (χ3n) is 3.62. The second-order valence-electron chi connectivity index (χ2n) is 6.29. The molecule has 0 radical (unpaired) electrons. The number of aromatic amines is 1. The van der Waals surface area contributed by atoms with Crippen molar-refractivity contribution in [2.24, 2.45) is 5.92 Å². The number of imidazole rings is 1. The predicted octanol–water partition coefficient (Wildman–Crippen LogP) is 3.82. The van der Waals surface area contributed by atoms with Crippen molar-refractivity contribution in [2.45, 2.75) is 57.5 Å². The van der Waals surface area contributed by atoms with E-state index >= 15 is 0 Å². The molecular formula is C16H24ClN5OS. The van der Waals surface area contributed by atoms with E-state index in [0.29, 0.717) is 23.7 Å². The Morgan fingerprint density at radius 2 is 2.12 bits per heavy atom. The van der Waals surface area contributed by atoms with Crippen molar-refractivity contribution in [3.63, 3.8) is 0 Å². The molecule has 2 N–H and O–H groups in total. The molecule has 0 saturated heterocycles. The van der Waals surface area contributed by atoms with E-state index in [9.17, 15) is 4.79 Å². The van der Waals surface area contributed by atoms with Crippen LogP contribution < -0.4 is 5.32 Å². The van der Waals surface area contributed by atoms with E-state index in [4.69, 9.17) is 11.6 Å². The maximum absolute atomic E-state index is 12.0. The molecule has 0 aliphatic carbocycles. The van der Waals surface area contributed by atoms with Gasteiger partial charge in [0.15, 0.2) is 5.65 Å². The highest BCUT2D eigenvalue weighted by Crippen LogP contribution is 2.24. The van der Waals surface area contributed by atoms with Crippen LogP contribution in [-0.2, 0) is 4.79 Å². The van der Waals surface area contributed by atoms with Crippen LogP contribution in [0.2, 0.25) is 5.28 Å². The zero-order chi connectivity index (χ0) is 17.5. The van der Waals surface area contributed by atoms with Crippen molar-refractivity contribution in [1.29, 1.82) is 0 Å². The summed E-state index contributed by atoms with van der Waals surface area (Å²) in [6.07, 6.45) is 5.37. The number of amides is 1. The molecule has 0 aromatic carbocycles. The Hall–Kier alpha value is -1.34. The first kappa shape index (κ1) is 19.0. The molecule has 0 unspecified atom stereocenters. The molecule has 0 aliphatic heterocycles. The first-order valence-electron chi connectivity index (χ1n) is 8.24. The number of carbonyl (C=O) groups is 1. The predicted molar refractivity (Wildman–Crippen MR) is 98.3 cm³/mol. The maximum atomic E-state index is 12.0. The minimum atomic E-state index is 0.0700. The average Bonchev–Trinajstić information content (AvgIpc) is 2.94. The van der Waals surface area contributed by atoms with E-state index in [2.05, 4.69) is 46.0 Å². The number of halogens is 1. The van der Waals surface area contributed by atoms with E-state index in [1.54, 1.807) is 6.33 Å². The summed E-state index contributed by atoms with van der Waals surface area (Å²) < 4.78 is 0. The third kappa shape index (κ3) is 5.94. The highest BCUT2D eigenvalue weighted by atomic mass is 35.5. The first-order chi connectivity index (χ1) is 11.5. The van der Waals surface area contributed by atoms with E-state index in [1.807, 2.05) is 0 Å². The Morgan fingerprint density at radius 1 is 1.33 bits per heavy atom. The summed E-state index contributed by atoms with van der Waals surface area (Å²) in [6, 6.07) is 0.217. The van der Waals surface area contributed by atoms with Crippen molar-refractivity contribution in [3.05, 3.63) is 11.6 Å². The summed E-state index contributed by atoms with van der Waals surface area (Å²) in [5.74, 6) is 1.41. The average molecular weight is 370 g/mol. The number of aromatic nitrogens is 4. The van der Waals surface area contributed by atoms with Crippen LogP contribution >= 0.6 is 23.4 Å². The summed E-state index contributed by atoms with van der Waals surface area (Å²) in [4.78, 5) is 27.3. The van der Waals surface area contributed by atoms with Crippen molar-refractivity contribution in [3.8, 4) is 0 Å². The number of hydrogen-bond acceptors (Lipinski definition) is 5. The summed E-state index contributed by atoms with van der Waals surface area (Å²) in [6.45, 7) is 6.50. The van der Waals surface area contributed by atoms with Crippen LogP contribution in [0.1, 0.15) is 46.5 Å². The zero-order valence-electron chi connectivity index (χ0n) is 14.3. The molecule has 0 spiro atoms. The topological polar surface area (TPSA) is 83.6 Å². The fraction of sp³-hybridized carbons (Fsp3) is 0.625. The van der Waals surface area contributed by atoms with Gasteiger partial charge in [-0.2, -0.15) is 4.98 Å². The Labute approximate surface area is 151 Å². The number of nitrogens with one attached hydrogen (secondary N) is 2. The van der Waals surface area contributed by atoms with Gasteiger partial charge in [0, 0.05) is 18.2 Å². The SMILES string of the molecule is CC(C)CCC[C@@H](C)NC(=O)CCSc1nc(Cl)nc2nc[nH]c12. The van der Waals surface area contributed by atoms with Gasteiger partial charge in [-0.3, -0.25) is 4.79 Å².